The fourth-order valence-corrected chi connectivity index (χ4v) is 3.33. The third-order valence-corrected chi connectivity index (χ3v) is 4.56. The van der Waals surface area contributed by atoms with Gasteiger partial charge in [0.15, 0.2) is 0 Å². The van der Waals surface area contributed by atoms with Crippen LogP contribution in [-0.2, 0) is 4.74 Å². The van der Waals surface area contributed by atoms with E-state index in [1.54, 1.807) is 11.3 Å². The second-order valence-corrected chi connectivity index (χ2v) is 7.02. The summed E-state index contributed by atoms with van der Waals surface area (Å²) >= 11 is 5.18. The summed E-state index contributed by atoms with van der Waals surface area (Å²) in [4.78, 5) is 1.22. The monoisotopic (exact) mass is 303 g/mol. The largest absolute Gasteiger partial charge is 0.371 e. The van der Waals surface area contributed by atoms with Crippen LogP contribution in [0.4, 0.5) is 0 Å². The molecule has 2 atom stereocenters. The third kappa shape index (κ3) is 3.55. The Morgan fingerprint density at radius 2 is 2.31 bits per heavy atom. The first-order valence-electron chi connectivity index (χ1n) is 5.79. The van der Waals surface area contributed by atoms with Crippen molar-refractivity contribution in [1.29, 1.82) is 0 Å². The van der Waals surface area contributed by atoms with Gasteiger partial charge in [0.1, 0.15) is 6.10 Å². The number of thiophene rings is 1. The van der Waals surface area contributed by atoms with Crippen molar-refractivity contribution < 1.29 is 4.74 Å². The molecule has 0 bridgehead atoms. The van der Waals surface area contributed by atoms with Crippen molar-refractivity contribution in [3.63, 3.8) is 0 Å². The van der Waals surface area contributed by atoms with Gasteiger partial charge >= 0.3 is 0 Å². The normalized spacial score (nSPS) is 19.7. The van der Waals surface area contributed by atoms with Crippen LogP contribution in [0, 0.1) is 5.92 Å². The summed E-state index contributed by atoms with van der Waals surface area (Å²) in [5.74, 6) is 0.920. The highest BCUT2D eigenvalue weighted by Crippen LogP contribution is 2.34. The van der Waals surface area contributed by atoms with E-state index < -0.39 is 0 Å². The fourth-order valence-electron chi connectivity index (χ4n) is 1.74. The van der Waals surface area contributed by atoms with Gasteiger partial charge < -0.3 is 10.5 Å². The molecule has 1 heterocycles. The van der Waals surface area contributed by atoms with Crippen LogP contribution in [0.5, 0.6) is 0 Å². The predicted molar refractivity (Wildman–Crippen MR) is 71.7 cm³/mol. The minimum atomic E-state index is 0.0461. The molecule has 2 unspecified atom stereocenters. The van der Waals surface area contributed by atoms with Gasteiger partial charge in [0.05, 0.1) is 3.79 Å². The Kier molecular flexibility index (Phi) is 4.41. The van der Waals surface area contributed by atoms with E-state index in [0.29, 0.717) is 0 Å². The summed E-state index contributed by atoms with van der Waals surface area (Å²) in [6.45, 7) is 2.85. The lowest BCUT2D eigenvalue weighted by Gasteiger charge is -2.20. The summed E-state index contributed by atoms with van der Waals surface area (Å²) < 4.78 is 7.06. The highest BCUT2D eigenvalue weighted by atomic mass is 79.9. The van der Waals surface area contributed by atoms with Crippen molar-refractivity contribution >= 4 is 27.3 Å². The Labute approximate surface area is 109 Å². The molecule has 1 aromatic heterocycles. The van der Waals surface area contributed by atoms with Crippen LogP contribution < -0.4 is 5.73 Å². The van der Waals surface area contributed by atoms with Crippen LogP contribution in [0.1, 0.15) is 37.2 Å². The van der Waals surface area contributed by atoms with Gasteiger partial charge in [-0.2, -0.15) is 0 Å². The molecule has 0 aromatic carbocycles. The molecule has 90 valence electrons. The lowest BCUT2D eigenvalue weighted by Crippen LogP contribution is -2.26. The molecule has 2 N–H and O–H groups in total. The lowest BCUT2D eigenvalue weighted by molar-refractivity contribution is 0.0370. The Morgan fingerprint density at radius 3 is 2.81 bits per heavy atom. The predicted octanol–water partition coefficient (Wildman–Crippen LogP) is 3.72. The first-order chi connectivity index (χ1) is 7.66. The first-order valence-corrected chi connectivity index (χ1v) is 7.40. The average Bonchev–Trinajstić information content (AvgIpc) is 2.95. The van der Waals surface area contributed by atoms with E-state index in [1.807, 2.05) is 6.92 Å². The number of rotatable bonds is 6. The zero-order chi connectivity index (χ0) is 11.5. The molecule has 1 aliphatic rings. The van der Waals surface area contributed by atoms with E-state index in [9.17, 15) is 0 Å². The molecular weight excluding hydrogens is 286 g/mol. The first kappa shape index (κ1) is 12.6. The molecule has 16 heavy (non-hydrogen) atoms. The molecule has 1 saturated carbocycles. The van der Waals surface area contributed by atoms with Crippen molar-refractivity contribution in [2.45, 2.75) is 38.3 Å². The van der Waals surface area contributed by atoms with E-state index in [1.165, 1.54) is 24.1 Å². The number of hydrogen-bond donors (Lipinski definition) is 1. The zero-order valence-electron chi connectivity index (χ0n) is 9.49. The molecular formula is C12H18BrNOS. The second-order valence-electron chi connectivity index (χ2n) is 4.52. The molecule has 0 saturated heterocycles. The highest BCUT2D eigenvalue weighted by molar-refractivity contribution is 9.11. The van der Waals surface area contributed by atoms with Gasteiger partial charge in [-0.1, -0.05) is 12.8 Å². The van der Waals surface area contributed by atoms with Crippen molar-refractivity contribution in [3.8, 4) is 0 Å². The Hall–Kier alpha value is 0.1000. The molecule has 2 nitrogen and oxygen atoms in total. The Balaban J connectivity index is 1.88. The third-order valence-electron chi connectivity index (χ3n) is 2.87. The standard InChI is InChI=1S/C12H18BrNOS/c1-8(14)12(10-4-5-11(13)16-10)15-7-6-9-2-3-9/h4-5,8-9,12H,2-3,6-7,14H2,1H3. The molecule has 4 heteroatoms. The van der Waals surface area contributed by atoms with Gasteiger partial charge in [-0.15, -0.1) is 11.3 Å². The summed E-state index contributed by atoms with van der Waals surface area (Å²) in [5, 5.41) is 0. The Bertz CT molecular complexity index is 336. The maximum Gasteiger partial charge on any atom is 0.106 e. The molecule has 1 aliphatic carbocycles. The van der Waals surface area contributed by atoms with Crippen molar-refractivity contribution in [2.75, 3.05) is 6.61 Å². The lowest BCUT2D eigenvalue weighted by atomic mass is 10.1. The molecule has 1 aromatic rings. The van der Waals surface area contributed by atoms with Gasteiger partial charge in [0.25, 0.3) is 0 Å². The topological polar surface area (TPSA) is 35.2 Å². The molecule has 1 fully saturated rings. The van der Waals surface area contributed by atoms with Gasteiger partial charge in [0, 0.05) is 17.5 Å². The van der Waals surface area contributed by atoms with Crippen LogP contribution in [0.3, 0.4) is 0 Å². The SMILES string of the molecule is CC(N)C(OCCC1CC1)c1ccc(Br)s1. The van der Waals surface area contributed by atoms with E-state index in [4.69, 9.17) is 10.5 Å². The van der Waals surface area contributed by atoms with Crippen LogP contribution in [0.25, 0.3) is 0 Å². The maximum absolute atomic E-state index is 5.98. The van der Waals surface area contributed by atoms with Crippen LogP contribution in [0.2, 0.25) is 0 Å². The summed E-state index contributed by atoms with van der Waals surface area (Å²) in [6.07, 6.45) is 4.01. The summed E-state index contributed by atoms with van der Waals surface area (Å²) in [5.41, 5.74) is 5.98. The number of ether oxygens (including phenoxy) is 1. The van der Waals surface area contributed by atoms with Gasteiger partial charge in [-0.05, 0) is 47.3 Å². The zero-order valence-corrected chi connectivity index (χ0v) is 11.9. The summed E-state index contributed by atoms with van der Waals surface area (Å²) in [6, 6.07) is 4.20. The van der Waals surface area contributed by atoms with E-state index in [2.05, 4.69) is 28.1 Å². The highest BCUT2D eigenvalue weighted by Gasteiger charge is 2.23. The van der Waals surface area contributed by atoms with Crippen molar-refractivity contribution in [2.24, 2.45) is 11.7 Å². The maximum atomic E-state index is 5.98. The smallest absolute Gasteiger partial charge is 0.106 e. The average molecular weight is 304 g/mol. The molecule has 0 spiro atoms. The molecule has 0 radical (unpaired) electrons. The number of hydrogen-bond acceptors (Lipinski definition) is 3. The minimum Gasteiger partial charge on any atom is -0.371 e. The Morgan fingerprint density at radius 1 is 1.56 bits per heavy atom. The quantitative estimate of drug-likeness (QED) is 0.869. The van der Waals surface area contributed by atoms with Gasteiger partial charge in [-0.25, -0.2) is 0 Å². The van der Waals surface area contributed by atoms with Gasteiger partial charge in [0.2, 0.25) is 0 Å². The molecule has 2 rings (SSSR count). The van der Waals surface area contributed by atoms with Crippen LogP contribution >= 0.6 is 27.3 Å². The molecule has 0 amide bonds. The van der Waals surface area contributed by atoms with E-state index >= 15 is 0 Å². The van der Waals surface area contributed by atoms with Crippen LogP contribution in [0.15, 0.2) is 15.9 Å². The van der Waals surface area contributed by atoms with Gasteiger partial charge in [-0.3, -0.25) is 0 Å². The molecule has 0 aliphatic heterocycles. The van der Waals surface area contributed by atoms with Crippen molar-refractivity contribution in [3.05, 3.63) is 20.8 Å². The fraction of sp³-hybridized carbons (Fsp3) is 0.667. The van der Waals surface area contributed by atoms with Crippen LogP contribution in [-0.4, -0.2) is 12.6 Å². The number of halogens is 1. The number of nitrogens with two attached hydrogens (primary N) is 1. The minimum absolute atomic E-state index is 0.0461. The summed E-state index contributed by atoms with van der Waals surface area (Å²) in [7, 11) is 0. The van der Waals surface area contributed by atoms with E-state index in [-0.39, 0.29) is 12.1 Å². The van der Waals surface area contributed by atoms with E-state index in [0.717, 1.165) is 16.3 Å². The van der Waals surface area contributed by atoms with Crippen molar-refractivity contribution in [1.82, 2.24) is 0 Å². The second kappa shape index (κ2) is 5.63.